The molecule has 4 heteroatoms. The van der Waals surface area contributed by atoms with Crippen molar-refractivity contribution >= 4 is 33.8 Å². The van der Waals surface area contributed by atoms with E-state index in [0.717, 1.165) is 16.3 Å². The van der Waals surface area contributed by atoms with Crippen LogP contribution in [0.3, 0.4) is 0 Å². The zero-order chi connectivity index (χ0) is 13.1. The molecule has 2 aromatic carbocycles. The van der Waals surface area contributed by atoms with Crippen LogP contribution in [-0.4, -0.2) is 6.29 Å². The normalized spacial score (nSPS) is 10.2. The Morgan fingerprint density at radius 3 is 2.67 bits per heavy atom. The first-order chi connectivity index (χ1) is 8.60. The molecule has 0 radical (unpaired) electrons. The molecule has 0 saturated heterocycles. The minimum atomic E-state index is 0.457. The molecule has 18 heavy (non-hydrogen) atoms. The molecule has 0 atom stereocenters. The average molecular weight is 326 g/mol. The Kier molecular flexibility index (Phi) is 4.04. The summed E-state index contributed by atoms with van der Waals surface area (Å²) in [6.45, 7) is 1.94. The van der Waals surface area contributed by atoms with E-state index in [2.05, 4.69) is 15.9 Å². The molecule has 0 saturated carbocycles. The molecule has 2 nitrogen and oxygen atoms in total. The maximum Gasteiger partial charge on any atom is 0.153 e. The van der Waals surface area contributed by atoms with Crippen LogP contribution in [0.1, 0.15) is 15.9 Å². The number of aryl methyl sites for hydroxylation is 1. The van der Waals surface area contributed by atoms with E-state index in [0.29, 0.717) is 22.1 Å². The number of hydrogen-bond donors (Lipinski definition) is 0. The lowest BCUT2D eigenvalue weighted by Gasteiger charge is -2.11. The maximum absolute atomic E-state index is 10.9. The first kappa shape index (κ1) is 13.1. The summed E-state index contributed by atoms with van der Waals surface area (Å²) in [5.74, 6) is 1.15. The number of ether oxygens (including phenoxy) is 1. The van der Waals surface area contributed by atoms with Crippen LogP contribution in [0.15, 0.2) is 40.9 Å². The number of benzene rings is 2. The standard InChI is InChI=1S/C14H10BrClO2/c1-9-2-4-11(15)6-13(9)18-14-7-12(16)5-3-10(14)8-17/h2-8H,1H3. The lowest BCUT2D eigenvalue weighted by molar-refractivity contribution is 0.112. The molecule has 0 N–H and O–H groups in total. The summed E-state index contributed by atoms with van der Waals surface area (Å²) in [5.41, 5.74) is 1.45. The topological polar surface area (TPSA) is 26.3 Å². The molecular formula is C14H10BrClO2. The fourth-order valence-electron chi connectivity index (χ4n) is 1.50. The molecule has 0 amide bonds. The van der Waals surface area contributed by atoms with Crippen LogP contribution >= 0.6 is 27.5 Å². The van der Waals surface area contributed by atoms with Crippen LogP contribution in [0.25, 0.3) is 0 Å². The summed E-state index contributed by atoms with van der Waals surface area (Å²) in [7, 11) is 0. The molecule has 0 heterocycles. The molecule has 0 bridgehead atoms. The maximum atomic E-state index is 10.9. The van der Waals surface area contributed by atoms with Crippen molar-refractivity contribution in [2.24, 2.45) is 0 Å². The van der Waals surface area contributed by atoms with Gasteiger partial charge in [0.1, 0.15) is 11.5 Å². The predicted molar refractivity (Wildman–Crippen MR) is 75.8 cm³/mol. The molecule has 0 aliphatic carbocycles. The largest absolute Gasteiger partial charge is 0.456 e. The highest BCUT2D eigenvalue weighted by Crippen LogP contribution is 2.31. The van der Waals surface area contributed by atoms with Crippen molar-refractivity contribution in [1.82, 2.24) is 0 Å². The third-order valence-corrected chi connectivity index (χ3v) is 3.20. The summed E-state index contributed by atoms with van der Waals surface area (Å²) in [4.78, 5) is 10.9. The minimum Gasteiger partial charge on any atom is -0.456 e. The van der Waals surface area contributed by atoms with E-state index in [1.807, 2.05) is 25.1 Å². The number of carbonyl (C=O) groups excluding carboxylic acids is 1. The molecular weight excluding hydrogens is 316 g/mol. The molecule has 0 aromatic heterocycles. The minimum absolute atomic E-state index is 0.457. The average Bonchev–Trinajstić information content (AvgIpc) is 2.34. The Morgan fingerprint density at radius 1 is 1.17 bits per heavy atom. The smallest absolute Gasteiger partial charge is 0.153 e. The second-order valence-electron chi connectivity index (χ2n) is 3.81. The summed E-state index contributed by atoms with van der Waals surface area (Å²) < 4.78 is 6.66. The van der Waals surface area contributed by atoms with Gasteiger partial charge in [0.25, 0.3) is 0 Å². The zero-order valence-corrected chi connectivity index (χ0v) is 12.0. The quantitative estimate of drug-likeness (QED) is 0.741. The van der Waals surface area contributed by atoms with Crippen molar-refractivity contribution < 1.29 is 9.53 Å². The zero-order valence-electron chi connectivity index (χ0n) is 9.61. The molecule has 0 aliphatic rings. The highest BCUT2D eigenvalue weighted by atomic mass is 79.9. The molecule has 2 aromatic rings. The Labute approximate surface area is 119 Å². The van der Waals surface area contributed by atoms with Crippen LogP contribution in [0.4, 0.5) is 0 Å². The molecule has 0 spiro atoms. The van der Waals surface area contributed by atoms with Crippen LogP contribution < -0.4 is 4.74 Å². The van der Waals surface area contributed by atoms with Crippen molar-refractivity contribution in [3.8, 4) is 11.5 Å². The lowest BCUT2D eigenvalue weighted by Crippen LogP contribution is -1.92. The van der Waals surface area contributed by atoms with Gasteiger partial charge >= 0.3 is 0 Å². The molecule has 2 rings (SSSR count). The van der Waals surface area contributed by atoms with E-state index < -0.39 is 0 Å². The van der Waals surface area contributed by atoms with E-state index in [4.69, 9.17) is 16.3 Å². The highest BCUT2D eigenvalue weighted by molar-refractivity contribution is 9.10. The van der Waals surface area contributed by atoms with Gasteiger partial charge in [0.05, 0.1) is 5.56 Å². The van der Waals surface area contributed by atoms with E-state index in [1.165, 1.54) is 0 Å². The summed E-state index contributed by atoms with van der Waals surface area (Å²) >= 11 is 9.29. The predicted octanol–water partition coefficient (Wildman–Crippen LogP) is 5.02. The number of aldehydes is 1. The van der Waals surface area contributed by atoms with E-state index >= 15 is 0 Å². The van der Waals surface area contributed by atoms with Crippen molar-refractivity contribution in [2.45, 2.75) is 6.92 Å². The van der Waals surface area contributed by atoms with Crippen LogP contribution in [-0.2, 0) is 0 Å². The van der Waals surface area contributed by atoms with Gasteiger partial charge in [0.2, 0.25) is 0 Å². The first-order valence-electron chi connectivity index (χ1n) is 5.29. The van der Waals surface area contributed by atoms with Crippen molar-refractivity contribution in [3.63, 3.8) is 0 Å². The third kappa shape index (κ3) is 2.92. The van der Waals surface area contributed by atoms with E-state index in [9.17, 15) is 4.79 Å². The second kappa shape index (κ2) is 5.55. The monoisotopic (exact) mass is 324 g/mol. The number of halogens is 2. The number of carbonyl (C=O) groups is 1. The lowest BCUT2D eigenvalue weighted by atomic mass is 10.2. The molecule has 0 fully saturated rings. The van der Waals surface area contributed by atoms with Gasteiger partial charge in [0.15, 0.2) is 6.29 Å². The summed E-state index contributed by atoms with van der Waals surface area (Å²) in [5, 5.41) is 0.531. The Hall–Kier alpha value is -1.32. The number of hydrogen-bond acceptors (Lipinski definition) is 2. The number of rotatable bonds is 3. The van der Waals surface area contributed by atoms with Gasteiger partial charge in [0, 0.05) is 15.6 Å². The second-order valence-corrected chi connectivity index (χ2v) is 5.16. The Morgan fingerprint density at radius 2 is 1.94 bits per heavy atom. The van der Waals surface area contributed by atoms with Crippen molar-refractivity contribution in [2.75, 3.05) is 0 Å². The fraction of sp³-hybridized carbons (Fsp3) is 0.0714. The van der Waals surface area contributed by atoms with Gasteiger partial charge in [-0.3, -0.25) is 4.79 Å². The van der Waals surface area contributed by atoms with Crippen molar-refractivity contribution in [1.29, 1.82) is 0 Å². The Bertz CT molecular complexity index is 596. The van der Waals surface area contributed by atoms with E-state index in [1.54, 1.807) is 18.2 Å². The summed E-state index contributed by atoms with van der Waals surface area (Å²) in [6, 6.07) is 10.6. The first-order valence-corrected chi connectivity index (χ1v) is 6.46. The van der Waals surface area contributed by atoms with Crippen LogP contribution in [0, 0.1) is 6.92 Å². The van der Waals surface area contributed by atoms with Gasteiger partial charge in [-0.05, 0) is 36.8 Å². The molecule has 0 aliphatic heterocycles. The van der Waals surface area contributed by atoms with Gasteiger partial charge in [-0.2, -0.15) is 0 Å². The Balaban J connectivity index is 2.41. The van der Waals surface area contributed by atoms with Crippen molar-refractivity contribution in [3.05, 3.63) is 57.0 Å². The fourth-order valence-corrected chi connectivity index (χ4v) is 2.00. The third-order valence-electron chi connectivity index (χ3n) is 2.47. The summed E-state index contributed by atoms with van der Waals surface area (Å²) in [6.07, 6.45) is 0.749. The van der Waals surface area contributed by atoms with E-state index in [-0.39, 0.29) is 0 Å². The van der Waals surface area contributed by atoms with Gasteiger partial charge < -0.3 is 4.74 Å². The van der Waals surface area contributed by atoms with Crippen LogP contribution in [0.2, 0.25) is 5.02 Å². The SMILES string of the molecule is Cc1ccc(Br)cc1Oc1cc(Cl)ccc1C=O. The highest BCUT2D eigenvalue weighted by Gasteiger charge is 2.07. The van der Waals surface area contributed by atoms with Gasteiger partial charge in [-0.1, -0.05) is 33.6 Å². The molecule has 0 unspecified atom stereocenters. The van der Waals surface area contributed by atoms with Gasteiger partial charge in [-0.15, -0.1) is 0 Å². The molecule has 92 valence electrons. The van der Waals surface area contributed by atoms with Crippen LogP contribution in [0.5, 0.6) is 11.5 Å². The van der Waals surface area contributed by atoms with Gasteiger partial charge in [-0.25, -0.2) is 0 Å².